The Morgan fingerprint density at radius 3 is 2.59 bits per heavy atom. The lowest BCUT2D eigenvalue weighted by Gasteiger charge is -2.13. The number of hydrazone groups is 1. The molecule has 0 atom stereocenters. The van der Waals surface area contributed by atoms with Gasteiger partial charge in [0.2, 0.25) is 5.88 Å². The fourth-order valence-corrected chi connectivity index (χ4v) is 4.35. The van der Waals surface area contributed by atoms with Crippen molar-refractivity contribution in [2.24, 2.45) is 5.10 Å². The SMILES string of the molecule is C=CCOc1c(Br)cc(C=NNC(=O)COc2nc(C)c(Br)c(COC)c2C#N)cc1Br. The van der Waals surface area contributed by atoms with E-state index in [2.05, 4.69) is 69.9 Å². The summed E-state index contributed by atoms with van der Waals surface area (Å²) in [5.41, 5.74) is 4.52. The lowest BCUT2D eigenvalue weighted by atomic mass is 10.1. The molecule has 1 aromatic heterocycles. The van der Waals surface area contributed by atoms with Crippen molar-refractivity contribution in [2.45, 2.75) is 13.5 Å². The molecule has 1 N–H and O–H groups in total. The molecule has 2 aromatic rings. The smallest absolute Gasteiger partial charge is 0.278 e. The molecule has 0 saturated heterocycles. The Balaban J connectivity index is 2.03. The van der Waals surface area contributed by atoms with E-state index in [4.69, 9.17) is 14.2 Å². The second-order valence-electron chi connectivity index (χ2n) is 6.21. The quantitative estimate of drug-likeness (QED) is 0.230. The van der Waals surface area contributed by atoms with E-state index in [-0.39, 0.29) is 24.7 Å². The van der Waals surface area contributed by atoms with Crippen molar-refractivity contribution < 1.29 is 19.0 Å². The molecule has 32 heavy (non-hydrogen) atoms. The highest BCUT2D eigenvalue weighted by Gasteiger charge is 2.18. The molecule has 0 fully saturated rings. The van der Waals surface area contributed by atoms with Gasteiger partial charge in [-0.1, -0.05) is 12.7 Å². The molecule has 1 aromatic carbocycles. The summed E-state index contributed by atoms with van der Waals surface area (Å²) in [6, 6.07) is 5.63. The number of pyridine rings is 1. The van der Waals surface area contributed by atoms with Crippen LogP contribution < -0.4 is 14.9 Å². The average molecular weight is 631 g/mol. The van der Waals surface area contributed by atoms with E-state index in [1.54, 1.807) is 25.1 Å². The van der Waals surface area contributed by atoms with E-state index in [1.165, 1.54) is 13.3 Å². The number of rotatable bonds is 10. The Labute approximate surface area is 211 Å². The van der Waals surface area contributed by atoms with E-state index >= 15 is 0 Å². The van der Waals surface area contributed by atoms with Crippen molar-refractivity contribution >= 4 is 59.9 Å². The van der Waals surface area contributed by atoms with Gasteiger partial charge in [0, 0.05) is 17.1 Å². The topological polar surface area (TPSA) is 106 Å². The Hall–Kier alpha value is -2.26. The number of nitrogens with zero attached hydrogens (tertiary/aromatic N) is 3. The van der Waals surface area contributed by atoms with Crippen LogP contribution in [-0.2, 0) is 16.1 Å². The number of nitriles is 1. The minimum Gasteiger partial charge on any atom is -0.487 e. The standard InChI is InChI=1S/C21H19Br3N4O4/c1-4-5-31-20-16(22)6-13(7-17(20)23)9-26-28-18(29)11-32-21-14(8-25)15(10-30-3)19(24)12(2)27-21/h4,6-7,9H,1,5,10-11H2,2-3H3,(H,28,29). The van der Waals surface area contributed by atoms with Crippen molar-refractivity contribution in [3.8, 4) is 17.7 Å². The highest BCUT2D eigenvalue weighted by Crippen LogP contribution is 2.34. The van der Waals surface area contributed by atoms with E-state index < -0.39 is 5.91 Å². The molecule has 0 aliphatic heterocycles. The molecule has 1 heterocycles. The molecule has 0 unspecified atom stereocenters. The van der Waals surface area contributed by atoms with Crippen LogP contribution in [0.15, 0.2) is 43.3 Å². The van der Waals surface area contributed by atoms with Crippen molar-refractivity contribution in [3.05, 3.63) is 60.6 Å². The monoisotopic (exact) mass is 628 g/mol. The first-order valence-electron chi connectivity index (χ1n) is 9.07. The minimum atomic E-state index is -0.509. The lowest BCUT2D eigenvalue weighted by Crippen LogP contribution is -2.25. The van der Waals surface area contributed by atoms with Gasteiger partial charge in [-0.3, -0.25) is 4.79 Å². The first-order chi connectivity index (χ1) is 15.3. The Morgan fingerprint density at radius 2 is 2.00 bits per heavy atom. The summed E-state index contributed by atoms with van der Waals surface area (Å²) in [5.74, 6) is 0.185. The predicted molar refractivity (Wildman–Crippen MR) is 131 cm³/mol. The van der Waals surface area contributed by atoms with Gasteiger partial charge in [-0.05, 0) is 72.4 Å². The number of aryl methyl sites for hydroxylation is 1. The highest BCUT2D eigenvalue weighted by atomic mass is 79.9. The van der Waals surface area contributed by atoms with Crippen LogP contribution in [-0.4, -0.2) is 37.4 Å². The summed E-state index contributed by atoms with van der Waals surface area (Å²) in [4.78, 5) is 16.4. The maximum absolute atomic E-state index is 12.1. The Morgan fingerprint density at radius 1 is 1.31 bits per heavy atom. The fourth-order valence-electron chi connectivity index (χ4n) is 2.49. The van der Waals surface area contributed by atoms with E-state index in [0.717, 1.165) is 14.5 Å². The number of carbonyl (C=O) groups excluding carboxylic acids is 1. The number of aromatic nitrogens is 1. The van der Waals surface area contributed by atoms with Crippen molar-refractivity contribution in [2.75, 3.05) is 20.3 Å². The first-order valence-corrected chi connectivity index (χ1v) is 11.5. The van der Waals surface area contributed by atoms with Crippen molar-refractivity contribution in [1.82, 2.24) is 10.4 Å². The van der Waals surface area contributed by atoms with Crippen LogP contribution in [0, 0.1) is 18.3 Å². The number of amides is 1. The van der Waals surface area contributed by atoms with Gasteiger partial charge < -0.3 is 14.2 Å². The van der Waals surface area contributed by atoms with Gasteiger partial charge in [-0.15, -0.1) is 0 Å². The molecule has 0 aliphatic carbocycles. The molecule has 1 amide bonds. The normalized spacial score (nSPS) is 10.6. The van der Waals surface area contributed by atoms with Gasteiger partial charge in [0.05, 0.1) is 27.5 Å². The molecule has 0 bridgehead atoms. The van der Waals surface area contributed by atoms with Crippen LogP contribution in [0.1, 0.15) is 22.4 Å². The van der Waals surface area contributed by atoms with Gasteiger partial charge in [0.15, 0.2) is 6.61 Å². The highest BCUT2D eigenvalue weighted by molar-refractivity contribution is 9.11. The van der Waals surface area contributed by atoms with Gasteiger partial charge in [0.25, 0.3) is 5.91 Å². The molecule has 8 nitrogen and oxygen atoms in total. The summed E-state index contributed by atoms with van der Waals surface area (Å²) in [6.45, 7) is 5.57. The molecule has 0 aliphatic rings. The number of ether oxygens (including phenoxy) is 3. The molecule has 0 saturated carbocycles. The van der Waals surface area contributed by atoms with Gasteiger partial charge in [-0.25, -0.2) is 10.4 Å². The number of methoxy groups -OCH3 is 1. The zero-order valence-corrected chi connectivity index (χ0v) is 22.0. The number of benzene rings is 1. The predicted octanol–water partition coefficient (Wildman–Crippen LogP) is 4.79. The Bertz CT molecular complexity index is 1060. The van der Waals surface area contributed by atoms with Gasteiger partial charge in [-0.2, -0.15) is 10.4 Å². The number of hydrogen-bond donors (Lipinski definition) is 1. The molecule has 0 radical (unpaired) electrons. The van der Waals surface area contributed by atoms with Gasteiger partial charge >= 0.3 is 0 Å². The Kier molecular flexibility index (Phi) is 10.3. The number of carbonyl (C=O) groups is 1. The third kappa shape index (κ3) is 6.87. The van der Waals surface area contributed by atoms with E-state index in [0.29, 0.717) is 28.1 Å². The zero-order valence-electron chi connectivity index (χ0n) is 17.2. The third-order valence-corrected chi connectivity index (χ3v) is 6.11. The molecular weight excluding hydrogens is 612 g/mol. The van der Waals surface area contributed by atoms with Crippen LogP contribution in [0.4, 0.5) is 0 Å². The van der Waals surface area contributed by atoms with Crippen LogP contribution in [0.2, 0.25) is 0 Å². The lowest BCUT2D eigenvalue weighted by molar-refractivity contribution is -0.123. The van der Waals surface area contributed by atoms with E-state index in [9.17, 15) is 10.1 Å². The van der Waals surface area contributed by atoms with Crippen molar-refractivity contribution in [3.63, 3.8) is 0 Å². The summed E-state index contributed by atoms with van der Waals surface area (Å²) in [6.07, 6.45) is 3.12. The molecule has 11 heteroatoms. The number of nitrogens with one attached hydrogen (secondary N) is 1. The third-order valence-electron chi connectivity index (χ3n) is 3.88. The molecular formula is C21H19Br3N4O4. The summed E-state index contributed by atoms with van der Waals surface area (Å²) >= 11 is 10.3. The summed E-state index contributed by atoms with van der Waals surface area (Å²) in [7, 11) is 1.52. The maximum atomic E-state index is 12.1. The number of halogens is 3. The van der Waals surface area contributed by atoms with E-state index in [1.807, 2.05) is 6.07 Å². The molecule has 168 valence electrons. The second kappa shape index (κ2) is 12.7. The van der Waals surface area contributed by atoms with Crippen LogP contribution in [0.3, 0.4) is 0 Å². The van der Waals surface area contributed by atoms with Crippen LogP contribution in [0.25, 0.3) is 0 Å². The zero-order chi connectivity index (χ0) is 23.7. The van der Waals surface area contributed by atoms with Crippen LogP contribution in [0.5, 0.6) is 11.6 Å². The largest absolute Gasteiger partial charge is 0.487 e. The molecule has 0 spiro atoms. The maximum Gasteiger partial charge on any atom is 0.278 e. The fraction of sp³-hybridized carbons (Fsp3) is 0.238. The van der Waals surface area contributed by atoms with Crippen molar-refractivity contribution in [1.29, 1.82) is 5.26 Å². The second-order valence-corrected chi connectivity index (χ2v) is 8.71. The summed E-state index contributed by atoms with van der Waals surface area (Å²) < 4.78 is 18.3. The summed E-state index contributed by atoms with van der Waals surface area (Å²) in [5, 5.41) is 13.4. The van der Waals surface area contributed by atoms with Crippen LogP contribution >= 0.6 is 47.8 Å². The van der Waals surface area contributed by atoms with Gasteiger partial charge in [0.1, 0.15) is 24.0 Å². The first kappa shape index (κ1) is 26.0. The molecule has 2 rings (SSSR count). The average Bonchev–Trinajstić information content (AvgIpc) is 2.75. The number of hydrogen-bond acceptors (Lipinski definition) is 7. The minimum absolute atomic E-state index is 0.0577.